The van der Waals surface area contributed by atoms with Crippen molar-refractivity contribution in [1.82, 2.24) is 0 Å². The molecule has 0 aliphatic heterocycles. The maximum Gasteiger partial charge on any atom is 0.235 e. The van der Waals surface area contributed by atoms with Crippen molar-refractivity contribution in [3.8, 4) is 0 Å². The van der Waals surface area contributed by atoms with Crippen molar-refractivity contribution >= 4 is 6.08 Å². The van der Waals surface area contributed by atoms with E-state index in [-0.39, 0.29) is 5.54 Å². The molecule has 0 aromatic heterocycles. The van der Waals surface area contributed by atoms with Crippen molar-refractivity contribution in [1.29, 1.82) is 0 Å². The molecule has 0 saturated heterocycles. The van der Waals surface area contributed by atoms with Crippen LogP contribution in [0.4, 0.5) is 0 Å². The summed E-state index contributed by atoms with van der Waals surface area (Å²) in [6, 6.07) is 0. The van der Waals surface area contributed by atoms with Gasteiger partial charge in [-0.1, -0.05) is 20.8 Å². The van der Waals surface area contributed by atoms with Gasteiger partial charge in [0.1, 0.15) is 0 Å². The third-order valence-electron chi connectivity index (χ3n) is 2.26. The van der Waals surface area contributed by atoms with Crippen LogP contribution in [0.15, 0.2) is 4.99 Å². The third-order valence-corrected chi connectivity index (χ3v) is 2.26. The van der Waals surface area contributed by atoms with Crippen LogP contribution in [0.1, 0.15) is 34.1 Å². The second kappa shape index (κ2) is 3.52. The summed E-state index contributed by atoms with van der Waals surface area (Å²) in [6.07, 6.45) is 2.50. The molecule has 2 nitrogen and oxygen atoms in total. The SMILES string of the molecule is CCC(C)(N=C=O)C(C)C. The minimum Gasteiger partial charge on any atom is -0.211 e. The second-order valence-corrected chi connectivity index (χ2v) is 3.07. The molecule has 0 saturated carbocycles. The van der Waals surface area contributed by atoms with Crippen molar-refractivity contribution in [2.45, 2.75) is 39.7 Å². The lowest BCUT2D eigenvalue weighted by Crippen LogP contribution is -2.27. The first-order chi connectivity index (χ1) is 4.56. The molecule has 0 aliphatic carbocycles. The van der Waals surface area contributed by atoms with Gasteiger partial charge in [-0.15, -0.1) is 0 Å². The van der Waals surface area contributed by atoms with E-state index in [1.807, 2.05) is 13.8 Å². The van der Waals surface area contributed by atoms with Crippen LogP contribution in [0, 0.1) is 5.92 Å². The smallest absolute Gasteiger partial charge is 0.211 e. The normalized spacial score (nSPS) is 16.1. The average Bonchev–Trinajstić information content (AvgIpc) is 1.88. The Balaban J connectivity index is 4.37. The topological polar surface area (TPSA) is 29.4 Å². The Hall–Kier alpha value is -0.620. The minimum atomic E-state index is -0.207. The van der Waals surface area contributed by atoms with E-state index in [0.717, 1.165) is 6.42 Å². The predicted octanol–water partition coefficient (Wildman–Crippen LogP) is 2.15. The molecular weight excluding hydrogens is 126 g/mol. The highest BCUT2D eigenvalue weighted by atomic mass is 16.1. The van der Waals surface area contributed by atoms with E-state index in [4.69, 9.17) is 0 Å². The van der Waals surface area contributed by atoms with Gasteiger partial charge in [0.25, 0.3) is 0 Å². The summed E-state index contributed by atoms with van der Waals surface area (Å²) in [5.74, 6) is 0.402. The Morgan fingerprint density at radius 3 is 2.20 bits per heavy atom. The third kappa shape index (κ3) is 1.96. The molecule has 1 atom stereocenters. The van der Waals surface area contributed by atoms with Crippen LogP contribution >= 0.6 is 0 Å². The molecule has 0 spiro atoms. The Bertz CT molecular complexity index is 147. The molecule has 0 fully saturated rings. The van der Waals surface area contributed by atoms with Crippen molar-refractivity contribution in [2.75, 3.05) is 0 Å². The molecule has 0 heterocycles. The molecule has 0 amide bonds. The fourth-order valence-corrected chi connectivity index (χ4v) is 0.721. The number of nitrogens with zero attached hydrogens (tertiary/aromatic N) is 1. The molecule has 0 rings (SSSR count). The summed E-state index contributed by atoms with van der Waals surface area (Å²) in [4.78, 5) is 13.8. The van der Waals surface area contributed by atoms with Crippen LogP contribution in [0.3, 0.4) is 0 Å². The highest BCUT2D eigenvalue weighted by Crippen LogP contribution is 2.23. The second-order valence-electron chi connectivity index (χ2n) is 3.07. The first kappa shape index (κ1) is 9.38. The molecule has 10 heavy (non-hydrogen) atoms. The minimum absolute atomic E-state index is 0.207. The van der Waals surface area contributed by atoms with Gasteiger partial charge < -0.3 is 0 Å². The summed E-state index contributed by atoms with van der Waals surface area (Å²) >= 11 is 0. The van der Waals surface area contributed by atoms with Crippen LogP contribution < -0.4 is 0 Å². The number of hydrogen-bond donors (Lipinski definition) is 0. The van der Waals surface area contributed by atoms with Crippen molar-refractivity contribution in [2.24, 2.45) is 10.9 Å². The summed E-state index contributed by atoms with van der Waals surface area (Å²) in [6.45, 7) is 8.12. The summed E-state index contributed by atoms with van der Waals surface area (Å²) < 4.78 is 0. The van der Waals surface area contributed by atoms with Gasteiger partial charge in [0.05, 0.1) is 5.54 Å². The lowest BCUT2D eigenvalue weighted by Gasteiger charge is -2.25. The number of rotatable bonds is 3. The predicted molar refractivity (Wildman–Crippen MR) is 41.7 cm³/mol. The molecule has 2 heteroatoms. The van der Waals surface area contributed by atoms with Crippen LogP contribution in [0.2, 0.25) is 0 Å². The zero-order chi connectivity index (χ0) is 8.20. The zero-order valence-corrected chi connectivity index (χ0v) is 7.14. The van der Waals surface area contributed by atoms with Crippen molar-refractivity contribution in [3.05, 3.63) is 0 Å². The molecule has 0 aliphatic rings. The quantitative estimate of drug-likeness (QED) is 0.437. The van der Waals surface area contributed by atoms with Crippen LogP contribution in [-0.4, -0.2) is 11.6 Å². The van der Waals surface area contributed by atoms with Crippen LogP contribution in [0.25, 0.3) is 0 Å². The molecule has 58 valence electrons. The monoisotopic (exact) mass is 141 g/mol. The van der Waals surface area contributed by atoms with Gasteiger partial charge in [0, 0.05) is 0 Å². The molecule has 0 aromatic carbocycles. The van der Waals surface area contributed by atoms with E-state index in [1.54, 1.807) is 6.08 Å². The zero-order valence-electron chi connectivity index (χ0n) is 7.14. The summed E-state index contributed by atoms with van der Waals surface area (Å²) in [5, 5.41) is 0. The van der Waals surface area contributed by atoms with Gasteiger partial charge in [0.2, 0.25) is 6.08 Å². The standard InChI is InChI=1S/C8H15NO/c1-5-8(4,7(2)3)9-6-10/h7H,5H2,1-4H3. The lowest BCUT2D eigenvalue weighted by atomic mass is 9.87. The highest BCUT2D eigenvalue weighted by molar-refractivity contribution is 5.34. The van der Waals surface area contributed by atoms with Gasteiger partial charge in [-0.2, -0.15) is 4.99 Å². The lowest BCUT2D eigenvalue weighted by molar-refractivity contribution is 0.330. The van der Waals surface area contributed by atoms with Gasteiger partial charge in [-0.25, -0.2) is 4.79 Å². The summed E-state index contributed by atoms with van der Waals surface area (Å²) in [5.41, 5.74) is -0.207. The average molecular weight is 141 g/mol. The van der Waals surface area contributed by atoms with Crippen LogP contribution in [-0.2, 0) is 4.79 Å². The maximum atomic E-state index is 9.99. The van der Waals surface area contributed by atoms with E-state index in [1.165, 1.54) is 0 Å². The molecule has 1 unspecified atom stereocenters. The molecule has 0 N–H and O–H groups in total. The fraction of sp³-hybridized carbons (Fsp3) is 0.875. The highest BCUT2D eigenvalue weighted by Gasteiger charge is 2.24. The summed E-state index contributed by atoms with van der Waals surface area (Å²) in [7, 11) is 0. The first-order valence-corrected chi connectivity index (χ1v) is 3.66. The van der Waals surface area contributed by atoms with E-state index >= 15 is 0 Å². The van der Waals surface area contributed by atoms with Gasteiger partial charge in [0.15, 0.2) is 0 Å². The fourth-order valence-electron chi connectivity index (χ4n) is 0.721. The van der Waals surface area contributed by atoms with E-state index in [0.29, 0.717) is 5.92 Å². The van der Waals surface area contributed by atoms with E-state index in [2.05, 4.69) is 18.8 Å². The first-order valence-electron chi connectivity index (χ1n) is 3.66. The number of aliphatic imine (C=N–C) groups is 1. The van der Waals surface area contributed by atoms with Crippen molar-refractivity contribution in [3.63, 3.8) is 0 Å². The van der Waals surface area contributed by atoms with Gasteiger partial charge >= 0.3 is 0 Å². The molecular formula is C8H15NO. The van der Waals surface area contributed by atoms with E-state index in [9.17, 15) is 4.79 Å². The Kier molecular flexibility index (Phi) is 3.31. The molecule has 0 aromatic rings. The number of isocyanates is 1. The maximum absolute atomic E-state index is 9.99. The Labute approximate surface area is 62.4 Å². The molecule has 0 radical (unpaired) electrons. The largest absolute Gasteiger partial charge is 0.235 e. The van der Waals surface area contributed by atoms with Crippen LogP contribution in [0.5, 0.6) is 0 Å². The molecule has 0 bridgehead atoms. The van der Waals surface area contributed by atoms with E-state index < -0.39 is 0 Å². The van der Waals surface area contributed by atoms with Crippen molar-refractivity contribution < 1.29 is 4.79 Å². The van der Waals surface area contributed by atoms with Gasteiger partial charge in [-0.3, -0.25) is 0 Å². The Morgan fingerprint density at radius 1 is 1.60 bits per heavy atom. The number of carbonyl (C=O) groups excluding carboxylic acids is 1. The Morgan fingerprint density at radius 2 is 2.10 bits per heavy atom. The number of hydrogen-bond acceptors (Lipinski definition) is 2. The van der Waals surface area contributed by atoms with Gasteiger partial charge in [-0.05, 0) is 19.3 Å².